The summed E-state index contributed by atoms with van der Waals surface area (Å²) in [7, 11) is 0. The van der Waals surface area contributed by atoms with Crippen molar-refractivity contribution in [2.24, 2.45) is 0 Å². The molecule has 4 heterocycles. The first-order valence-electron chi connectivity index (χ1n) is 11.3. The van der Waals surface area contributed by atoms with Gasteiger partial charge in [-0.25, -0.2) is 14.2 Å². The summed E-state index contributed by atoms with van der Waals surface area (Å²) in [4.78, 5) is 4.71. The second kappa shape index (κ2) is 10.6. The van der Waals surface area contributed by atoms with Gasteiger partial charge in [0.2, 0.25) is 0 Å². The van der Waals surface area contributed by atoms with Gasteiger partial charge in [-0.1, -0.05) is 43.8 Å². The predicted molar refractivity (Wildman–Crippen MR) is 137 cm³/mol. The van der Waals surface area contributed by atoms with E-state index in [9.17, 15) is 0 Å². The van der Waals surface area contributed by atoms with Crippen LogP contribution in [0.3, 0.4) is 0 Å². The van der Waals surface area contributed by atoms with Gasteiger partial charge in [-0.15, -0.1) is 12.4 Å². The molecule has 0 aliphatic carbocycles. The number of piperidine rings is 1. The zero-order valence-corrected chi connectivity index (χ0v) is 20.6. The number of rotatable bonds is 7. The van der Waals surface area contributed by atoms with Crippen molar-refractivity contribution >= 4 is 35.5 Å². The Balaban J connectivity index is 0.00000259. The van der Waals surface area contributed by atoms with Crippen LogP contribution >= 0.6 is 24.2 Å². The number of hydrogen-bond acceptors (Lipinski definition) is 6. The number of imidazole rings is 1. The number of fused-ring (bicyclic) bond motifs is 1. The summed E-state index contributed by atoms with van der Waals surface area (Å²) in [5.41, 5.74) is 5.26. The molecule has 1 aliphatic heterocycles. The van der Waals surface area contributed by atoms with E-state index < -0.39 is 0 Å². The number of anilines is 1. The van der Waals surface area contributed by atoms with Crippen LogP contribution in [0.2, 0.25) is 0 Å². The van der Waals surface area contributed by atoms with E-state index in [1.54, 1.807) is 6.20 Å². The van der Waals surface area contributed by atoms with E-state index in [0.717, 1.165) is 40.8 Å². The van der Waals surface area contributed by atoms with Crippen molar-refractivity contribution < 1.29 is 0 Å². The van der Waals surface area contributed by atoms with Gasteiger partial charge in [0, 0.05) is 30.7 Å². The van der Waals surface area contributed by atoms with Crippen LogP contribution in [0.4, 0.5) is 5.69 Å². The summed E-state index contributed by atoms with van der Waals surface area (Å²) in [6.45, 7) is 7.19. The number of nitrogens with one attached hydrogen (secondary N) is 2. The van der Waals surface area contributed by atoms with Gasteiger partial charge in [0.1, 0.15) is 5.03 Å². The molecule has 1 aromatic carbocycles. The number of aromatic nitrogens is 5. The number of benzene rings is 1. The maximum atomic E-state index is 4.96. The Morgan fingerprint density at radius 1 is 1.24 bits per heavy atom. The average molecular weight is 484 g/mol. The Morgan fingerprint density at radius 2 is 2.12 bits per heavy atom. The molecule has 9 heteroatoms. The minimum atomic E-state index is 0. The van der Waals surface area contributed by atoms with E-state index >= 15 is 0 Å². The highest BCUT2D eigenvalue weighted by Crippen LogP contribution is 2.31. The first kappa shape index (κ1) is 23.6. The summed E-state index contributed by atoms with van der Waals surface area (Å²) in [5.74, 6) is 0.350. The van der Waals surface area contributed by atoms with Crippen molar-refractivity contribution in [2.45, 2.75) is 49.4 Å². The fourth-order valence-corrected chi connectivity index (χ4v) is 5.26. The maximum Gasteiger partial charge on any atom is 0.177 e. The van der Waals surface area contributed by atoms with Crippen LogP contribution < -0.4 is 10.6 Å². The molecule has 1 fully saturated rings. The lowest BCUT2D eigenvalue weighted by Gasteiger charge is -2.22. The summed E-state index contributed by atoms with van der Waals surface area (Å²) >= 11 is 1.86. The number of para-hydroxylation sites is 1. The molecule has 3 aromatic heterocycles. The molecule has 0 bridgehead atoms. The van der Waals surface area contributed by atoms with Crippen molar-refractivity contribution in [3.63, 3.8) is 0 Å². The molecule has 4 aromatic rings. The van der Waals surface area contributed by atoms with Crippen LogP contribution in [0.5, 0.6) is 0 Å². The van der Waals surface area contributed by atoms with Crippen LogP contribution in [-0.4, -0.2) is 42.7 Å². The van der Waals surface area contributed by atoms with Crippen LogP contribution in [-0.2, 0) is 6.54 Å². The lowest BCUT2D eigenvalue weighted by Crippen LogP contribution is -2.31. The minimum Gasteiger partial charge on any atom is -0.378 e. The highest BCUT2D eigenvalue weighted by Gasteiger charge is 2.19. The number of nitrogens with zero attached hydrogens (tertiary/aromatic N) is 5. The number of thioether (sulfide) groups is 1. The van der Waals surface area contributed by atoms with Gasteiger partial charge in [-0.2, -0.15) is 10.2 Å². The zero-order chi connectivity index (χ0) is 21.9. The first-order valence-corrected chi connectivity index (χ1v) is 12.1. The van der Waals surface area contributed by atoms with E-state index in [4.69, 9.17) is 10.1 Å². The molecule has 1 saturated heterocycles. The molecule has 1 aliphatic rings. The Hall–Kier alpha value is -2.55. The van der Waals surface area contributed by atoms with Crippen LogP contribution in [0.25, 0.3) is 11.3 Å². The van der Waals surface area contributed by atoms with Crippen molar-refractivity contribution in [1.29, 1.82) is 0 Å². The average Bonchev–Trinajstić information content (AvgIpc) is 3.49. The topological polar surface area (TPSA) is 72.1 Å². The highest BCUT2D eigenvalue weighted by molar-refractivity contribution is 7.99. The quantitative estimate of drug-likeness (QED) is 0.389. The molecule has 0 spiro atoms. The van der Waals surface area contributed by atoms with Gasteiger partial charge in [-0.3, -0.25) is 0 Å². The standard InChI is InChI=1S/C24H29N7S.ClH/c1-17(2)22-16-27-24-20(13-23(29-31(22)24)32-19-8-5-10-25-15-19)26-14-18-7-3-4-9-21(18)30-12-6-11-28-30;/h3-4,6-7,9,11-13,16-17,19,25-26H,5,8,10,14-15H2,1-2H3;1H. The Kier molecular flexibility index (Phi) is 7.57. The highest BCUT2D eigenvalue weighted by atomic mass is 35.5. The maximum absolute atomic E-state index is 4.96. The Labute approximate surface area is 204 Å². The van der Waals surface area contributed by atoms with Crippen LogP contribution in [0, 0.1) is 0 Å². The fraction of sp³-hybridized carbons (Fsp3) is 0.375. The van der Waals surface area contributed by atoms with Gasteiger partial charge in [0.05, 0.1) is 23.3 Å². The van der Waals surface area contributed by atoms with Gasteiger partial charge in [0.25, 0.3) is 0 Å². The Bertz CT molecular complexity index is 1180. The van der Waals surface area contributed by atoms with E-state index in [2.05, 4.69) is 53.8 Å². The molecular weight excluding hydrogens is 454 g/mol. The predicted octanol–water partition coefficient (Wildman–Crippen LogP) is 4.92. The molecule has 2 N–H and O–H groups in total. The molecule has 33 heavy (non-hydrogen) atoms. The van der Waals surface area contributed by atoms with Crippen molar-refractivity contribution in [2.75, 3.05) is 18.4 Å². The lowest BCUT2D eigenvalue weighted by molar-refractivity contribution is 0.531. The third-order valence-corrected chi connectivity index (χ3v) is 6.99. The molecular formula is C24H30ClN7S. The second-order valence-corrected chi connectivity index (χ2v) is 9.81. The molecule has 1 atom stereocenters. The van der Waals surface area contributed by atoms with Gasteiger partial charge >= 0.3 is 0 Å². The zero-order valence-electron chi connectivity index (χ0n) is 18.9. The molecule has 7 nitrogen and oxygen atoms in total. The smallest absolute Gasteiger partial charge is 0.177 e. The molecule has 1 unspecified atom stereocenters. The monoisotopic (exact) mass is 483 g/mol. The van der Waals surface area contributed by atoms with Gasteiger partial charge < -0.3 is 10.6 Å². The van der Waals surface area contributed by atoms with Crippen LogP contribution in [0.1, 0.15) is 43.9 Å². The van der Waals surface area contributed by atoms with Gasteiger partial charge in [0.15, 0.2) is 5.65 Å². The van der Waals surface area contributed by atoms with E-state index in [1.165, 1.54) is 18.4 Å². The normalized spacial score (nSPS) is 16.2. The Morgan fingerprint density at radius 3 is 2.88 bits per heavy atom. The number of hydrogen-bond donors (Lipinski definition) is 2. The van der Waals surface area contributed by atoms with E-state index in [0.29, 0.717) is 17.7 Å². The van der Waals surface area contributed by atoms with Crippen molar-refractivity contribution in [3.05, 3.63) is 66.2 Å². The summed E-state index contributed by atoms with van der Waals surface area (Å²) in [6.07, 6.45) is 8.17. The summed E-state index contributed by atoms with van der Waals surface area (Å²) < 4.78 is 3.92. The van der Waals surface area contributed by atoms with Crippen molar-refractivity contribution in [1.82, 2.24) is 29.7 Å². The fourth-order valence-electron chi connectivity index (χ4n) is 4.12. The largest absolute Gasteiger partial charge is 0.378 e. The van der Waals surface area contributed by atoms with Gasteiger partial charge in [-0.05, 0) is 49.1 Å². The third kappa shape index (κ3) is 5.18. The molecule has 174 valence electrons. The molecule has 0 amide bonds. The molecule has 0 saturated carbocycles. The van der Waals surface area contributed by atoms with Crippen LogP contribution in [0.15, 0.2) is 60.0 Å². The molecule has 0 radical (unpaired) electrons. The second-order valence-electron chi connectivity index (χ2n) is 8.49. The summed E-state index contributed by atoms with van der Waals surface area (Å²) in [6, 6.07) is 12.4. The SMILES string of the molecule is CC(C)c1cnc2c(NCc3ccccc3-n3cccn3)cc(SC3CCCNC3)nn12.Cl. The van der Waals surface area contributed by atoms with Crippen molar-refractivity contribution in [3.8, 4) is 5.69 Å². The number of halogens is 1. The van der Waals surface area contributed by atoms with E-state index in [1.807, 2.05) is 45.5 Å². The first-order chi connectivity index (χ1) is 15.7. The summed E-state index contributed by atoms with van der Waals surface area (Å²) in [5, 5.41) is 18.1. The molecule has 5 rings (SSSR count). The van der Waals surface area contributed by atoms with E-state index in [-0.39, 0.29) is 12.4 Å². The minimum absolute atomic E-state index is 0. The lowest BCUT2D eigenvalue weighted by atomic mass is 10.1. The third-order valence-electron chi connectivity index (χ3n) is 5.81.